The molecule has 0 N–H and O–H groups in total. The van der Waals surface area contributed by atoms with E-state index in [2.05, 4.69) is 29.5 Å². The number of ketones is 1. The van der Waals surface area contributed by atoms with Crippen molar-refractivity contribution in [1.29, 1.82) is 0 Å². The highest BCUT2D eigenvalue weighted by atomic mass is 16.5. The van der Waals surface area contributed by atoms with Gasteiger partial charge < -0.3 is 4.74 Å². The van der Waals surface area contributed by atoms with E-state index in [0.717, 1.165) is 32.1 Å². The Hall–Kier alpha value is -2.16. The van der Waals surface area contributed by atoms with Crippen LogP contribution in [0.15, 0.2) is 42.5 Å². The van der Waals surface area contributed by atoms with Crippen LogP contribution in [0.25, 0.3) is 0 Å². The molecule has 0 spiro atoms. The Bertz CT molecular complexity index is 700. The summed E-state index contributed by atoms with van der Waals surface area (Å²) in [5, 5.41) is 0. The maximum Gasteiger partial charge on any atom is 0.305 e. The van der Waals surface area contributed by atoms with Crippen molar-refractivity contribution >= 4 is 11.8 Å². The minimum Gasteiger partial charge on any atom is -0.469 e. The van der Waals surface area contributed by atoms with Crippen LogP contribution in [-0.4, -0.2) is 18.9 Å². The smallest absolute Gasteiger partial charge is 0.305 e. The molecule has 0 amide bonds. The fourth-order valence-electron chi connectivity index (χ4n) is 3.73. The third kappa shape index (κ3) is 6.82. The van der Waals surface area contributed by atoms with Gasteiger partial charge in [0.1, 0.15) is 5.78 Å². The van der Waals surface area contributed by atoms with Gasteiger partial charge in [-0.15, -0.1) is 0 Å². The Morgan fingerprint density at radius 1 is 1.26 bits per heavy atom. The van der Waals surface area contributed by atoms with Gasteiger partial charge in [0.25, 0.3) is 0 Å². The van der Waals surface area contributed by atoms with Crippen molar-refractivity contribution in [2.75, 3.05) is 7.11 Å². The van der Waals surface area contributed by atoms with Crippen LogP contribution in [0.4, 0.5) is 0 Å². The van der Waals surface area contributed by atoms with Crippen LogP contribution in [0.1, 0.15) is 74.5 Å². The minimum absolute atomic E-state index is 0.121. The molecule has 0 heterocycles. The first-order valence-electron chi connectivity index (χ1n) is 10.0. The Kier molecular flexibility index (Phi) is 8.50. The lowest BCUT2D eigenvalue weighted by Gasteiger charge is -2.18. The Morgan fingerprint density at radius 2 is 2.07 bits per heavy atom. The standard InChI is InChI=1S/C16H18O.C8H14O2/c1-11-2-3-12(8-11)13-4-5-15-10-16(17)7-6-14(15)9-13;1-3-4-5-6-7-8(9)10-2/h4-5,9,12H,1-3,6-8,10H2;3-4H,5-7H2,1-2H3/b;4-3-. The summed E-state index contributed by atoms with van der Waals surface area (Å²) in [6.45, 7) is 6.05. The number of hydrogen-bond acceptors (Lipinski definition) is 3. The van der Waals surface area contributed by atoms with E-state index in [1.807, 2.05) is 19.1 Å². The van der Waals surface area contributed by atoms with Gasteiger partial charge >= 0.3 is 5.97 Å². The SMILES string of the molecule is C/C=C\CCCC(=O)OC.C=C1CCC(c2ccc3c(c2)CCC(=O)C3)C1. The van der Waals surface area contributed by atoms with Gasteiger partial charge in [0, 0.05) is 19.3 Å². The summed E-state index contributed by atoms with van der Waals surface area (Å²) in [7, 11) is 1.41. The number of ether oxygens (including phenoxy) is 1. The first-order chi connectivity index (χ1) is 13.0. The molecule has 0 bridgehead atoms. The molecule has 1 saturated carbocycles. The molecule has 1 aromatic carbocycles. The molecule has 27 heavy (non-hydrogen) atoms. The van der Waals surface area contributed by atoms with Crippen molar-refractivity contribution in [1.82, 2.24) is 0 Å². The number of carbonyl (C=O) groups is 2. The van der Waals surface area contributed by atoms with Crippen LogP contribution in [0.2, 0.25) is 0 Å². The fraction of sp³-hybridized carbons (Fsp3) is 0.500. The molecule has 1 aromatic rings. The van der Waals surface area contributed by atoms with Crippen molar-refractivity contribution in [3.63, 3.8) is 0 Å². The predicted molar refractivity (Wildman–Crippen MR) is 110 cm³/mol. The zero-order valence-corrected chi connectivity index (χ0v) is 16.8. The normalized spacial score (nSPS) is 18.8. The number of Topliss-reactive ketones (excluding diaryl/α,β-unsaturated/α-hetero) is 1. The van der Waals surface area contributed by atoms with E-state index >= 15 is 0 Å². The van der Waals surface area contributed by atoms with E-state index < -0.39 is 0 Å². The van der Waals surface area contributed by atoms with Gasteiger partial charge in [-0.25, -0.2) is 0 Å². The number of aryl methyl sites for hydroxylation is 1. The summed E-state index contributed by atoms with van der Waals surface area (Å²) >= 11 is 0. The van der Waals surface area contributed by atoms with E-state index in [1.165, 1.54) is 42.2 Å². The summed E-state index contributed by atoms with van der Waals surface area (Å²) in [4.78, 5) is 21.9. The molecule has 1 fully saturated rings. The number of esters is 1. The number of benzene rings is 1. The average molecular weight is 369 g/mol. The second kappa shape index (κ2) is 10.9. The molecule has 3 nitrogen and oxygen atoms in total. The summed E-state index contributed by atoms with van der Waals surface area (Å²) in [5.74, 6) is 0.939. The van der Waals surface area contributed by atoms with Gasteiger partial charge in [-0.3, -0.25) is 9.59 Å². The van der Waals surface area contributed by atoms with E-state index in [-0.39, 0.29) is 5.97 Å². The molecule has 0 radical (unpaired) electrons. The van der Waals surface area contributed by atoms with Crippen molar-refractivity contribution in [3.05, 3.63) is 59.2 Å². The third-order valence-corrected chi connectivity index (χ3v) is 5.36. The van der Waals surface area contributed by atoms with Gasteiger partial charge in [0.05, 0.1) is 7.11 Å². The number of methoxy groups -OCH3 is 1. The van der Waals surface area contributed by atoms with E-state index in [1.54, 1.807) is 0 Å². The number of fused-ring (bicyclic) bond motifs is 1. The van der Waals surface area contributed by atoms with Gasteiger partial charge in [-0.2, -0.15) is 0 Å². The van der Waals surface area contributed by atoms with Crippen LogP contribution in [0.3, 0.4) is 0 Å². The number of carbonyl (C=O) groups excluding carboxylic acids is 2. The second-order valence-electron chi connectivity index (χ2n) is 7.47. The second-order valence-corrected chi connectivity index (χ2v) is 7.47. The topological polar surface area (TPSA) is 43.4 Å². The molecule has 0 aliphatic heterocycles. The van der Waals surface area contributed by atoms with Crippen molar-refractivity contribution in [2.45, 2.75) is 70.6 Å². The quantitative estimate of drug-likeness (QED) is 0.393. The Labute approximate surface area is 163 Å². The number of allylic oxidation sites excluding steroid dienone is 3. The molecular weight excluding hydrogens is 336 g/mol. The predicted octanol–water partition coefficient (Wildman–Crippen LogP) is 5.47. The maximum atomic E-state index is 11.4. The zero-order valence-electron chi connectivity index (χ0n) is 16.8. The van der Waals surface area contributed by atoms with E-state index in [0.29, 0.717) is 24.5 Å². The highest BCUT2D eigenvalue weighted by Gasteiger charge is 2.22. The number of hydrogen-bond donors (Lipinski definition) is 0. The first kappa shape index (κ1) is 21.1. The molecule has 0 saturated heterocycles. The van der Waals surface area contributed by atoms with Gasteiger partial charge in [0.2, 0.25) is 0 Å². The van der Waals surface area contributed by atoms with Gasteiger partial charge in [-0.1, -0.05) is 42.5 Å². The van der Waals surface area contributed by atoms with Crippen LogP contribution in [-0.2, 0) is 27.2 Å². The molecule has 2 aliphatic rings. The molecular formula is C24H32O3. The van der Waals surface area contributed by atoms with Crippen molar-refractivity contribution in [3.8, 4) is 0 Å². The van der Waals surface area contributed by atoms with E-state index in [9.17, 15) is 9.59 Å². The summed E-state index contributed by atoms with van der Waals surface area (Å²) < 4.78 is 4.47. The number of unbranched alkanes of at least 4 members (excludes halogenated alkanes) is 1. The Balaban J connectivity index is 0.000000227. The Morgan fingerprint density at radius 3 is 2.74 bits per heavy atom. The monoisotopic (exact) mass is 368 g/mol. The average Bonchev–Trinajstić information content (AvgIpc) is 3.11. The third-order valence-electron chi connectivity index (χ3n) is 5.36. The van der Waals surface area contributed by atoms with Crippen LogP contribution in [0, 0.1) is 0 Å². The molecule has 3 heteroatoms. The molecule has 3 rings (SSSR count). The molecule has 146 valence electrons. The highest BCUT2D eigenvalue weighted by molar-refractivity contribution is 5.83. The zero-order chi connectivity index (χ0) is 19.6. The van der Waals surface area contributed by atoms with Crippen molar-refractivity contribution in [2.24, 2.45) is 0 Å². The number of rotatable bonds is 5. The van der Waals surface area contributed by atoms with Crippen LogP contribution in [0.5, 0.6) is 0 Å². The summed E-state index contributed by atoms with van der Waals surface area (Å²) in [5.41, 5.74) is 5.50. The fourth-order valence-corrected chi connectivity index (χ4v) is 3.73. The molecule has 1 atom stereocenters. The highest BCUT2D eigenvalue weighted by Crippen LogP contribution is 2.38. The van der Waals surface area contributed by atoms with Crippen molar-refractivity contribution < 1.29 is 14.3 Å². The largest absolute Gasteiger partial charge is 0.469 e. The lowest BCUT2D eigenvalue weighted by molar-refractivity contribution is -0.140. The summed E-state index contributed by atoms with van der Waals surface area (Å²) in [6.07, 6.45) is 12.3. The van der Waals surface area contributed by atoms with Crippen LogP contribution < -0.4 is 0 Å². The molecule has 2 aliphatic carbocycles. The first-order valence-corrected chi connectivity index (χ1v) is 10.0. The molecule has 1 unspecified atom stereocenters. The van der Waals surface area contributed by atoms with Gasteiger partial charge in [0.15, 0.2) is 0 Å². The van der Waals surface area contributed by atoms with E-state index in [4.69, 9.17) is 0 Å². The van der Waals surface area contributed by atoms with Gasteiger partial charge in [-0.05, 0) is 68.1 Å². The lowest BCUT2D eigenvalue weighted by atomic mass is 9.86. The van der Waals surface area contributed by atoms with Crippen LogP contribution >= 0.6 is 0 Å². The molecule has 0 aromatic heterocycles. The summed E-state index contributed by atoms with van der Waals surface area (Å²) in [6, 6.07) is 6.73. The minimum atomic E-state index is -0.121. The lowest BCUT2D eigenvalue weighted by Crippen LogP contribution is -2.13. The maximum absolute atomic E-state index is 11.4.